The van der Waals surface area contributed by atoms with Crippen LogP contribution in [0.4, 0.5) is 13.2 Å². The summed E-state index contributed by atoms with van der Waals surface area (Å²) in [7, 11) is 0. The normalized spacial score (nSPS) is 12.5. The number of aliphatic hydroxyl groups is 1. The second kappa shape index (κ2) is 5.67. The van der Waals surface area contributed by atoms with Gasteiger partial charge >= 0.3 is 0 Å². The van der Waals surface area contributed by atoms with Crippen LogP contribution in [0.25, 0.3) is 0 Å². The highest BCUT2D eigenvalue weighted by atomic mass is 32.2. The maximum Gasteiger partial charge on any atom is 0.159 e. The summed E-state index contributed by atoms with van der Waals surface area (Å²) in [6.07, 6.45) is -0.978. The standard InChI is InChI=1S/C14H11F3OS/c1-8(18)14-11(16)3-2-4-13(14)19-9-5-6-10(15)12(17)7-9/h2-8,18H,1H3. The van der Waals surface area contributed by atoms with Crippen molar-refractivity contribution in [3.8, 4) is 0 Å². The number of benzene rings is 2. The minimum atomic E-state index is -0.978. The van der Waals surface area contributed by atoms with E-state index in [4.69, 9.17) is 0 Å². The number of halogens is 3. The summed E-state index contributed by atoms with van der Waals surface area (Å²) in [5, 5.41) is 9.57. The zero-order valence-corrected chi connectivity index (χ0v) is 10.8. The van der Waals surface area contributed by atoms with Crippen molar-refractivity contribution in [2.75, 3.05) is 0 Å². The van der Waals surface area contributed by atoms with Crippen molar-refractivity contribution in [3.63, 3.8) is 0 Å². The van der Waals surface area contributed by atoms with E-state index in [0.29, 0.717) is 9.79 Å². The molecule has 0 saturated carbocycles. The topological polar surface area (TPSA) is 20.2 Å². The van der Waals surface area contributed by atoms with E-state index in [0.717, 1.165) is 23.9 Å². The predicted octanol–water partition coefficient (Wildman–Crippen LogP) is 4.31. The maximum absolute atomic E-state index is 13.6. The molecule has 0 radical (unpaired) electrons. The summed E-state index contributed by atoms with van der Waals surface area (Å²) in [5.41, 5.74) is 0.150. The van der Waals surface area contributed by atoms with Gasteiger partial charge < -0.3 is 5.11 Å². The third-order valence-electron chi connectivity index (χ3n) is 2.55. The zero-order valence-electron chi connectivity index (χ0n) is 10.0. The van der Waals surface area contributed by atoms with Gasteiger partial charge in [-0.3, -0.25) is 0 Å². The molecule has 2 aromatic rings. The summed E-state index contributed by atoms with van der Waals surface area (Å²) in [6, 6.07) is 7.83. The monoisotopic (exact) mass is 284 g/mol. The third kappa shape index (κ3) is 3.11. The van der Waals surface area contributed by atoms with Crippen LogP contribution in [-0.4, -0.2) is 5.11 Å². The summed E-state index contributed by atoms with van der Waals surface area (Å²) in [4.78, 5) is 0.910. The van der Waals surface area contributed by atoms with Crippen LogP contribution in [-0.2, 0) is 0 Å². The molecule has 0 aliphatic rings. The van der Waals surface area contributed by atoms with E-state index < -0.39 is 23.6 Å². The van der Waals surface area contributed by atoms with E-state index in [9.17, 15) is 18.3 Å². The smallest absolute Gasteiger partial charge is 0.159 e. The lowest BCUT2D eigenvalue weighted by Crippen LogP contribution is -1.98. The first-order valence-corrected chi connectivity index (χ1v) is 6.40. The Balaban J connectivity index is 2.38. The zero-order chi connectivity index (χ0) is 14.0. The molecule has 5 heteroatoms. The number of aliphatic hydroxyl groups excluding tert-OH is 1. The van der Waals surface area contributed by atoms with E-state index in [-0.39, 0.29) is 5.56 Å². The molecule has 0 spiro atoms. The quantitative estimate of drug-likeness (QED) is 0.906. The molecule has 2 rings (SSSR count). The van der Waals surface area contributed by atoms with Crippen molar-refractivity contribution in [1.82, 2.24) is 0 Å². The van der Waals surface area contributed by atoms with Crippen LogP contribution < -0.4 is 0 Å². The molecule has 0 bridgehead atoms. The lowest BCUT2D eigenvalue weighted by molar-refractivity contribution is 0.191. The second-order valence-electron chi connectivity index (χ2n) is 4.01. The molecule has 0 amide bonds. The molecule has 0 aromatic heterocycles. The van der Waals surface area contributed by atoms with E-state index in [1.54, 1.807) is 6.07 Å². The molecular weight excluding hydrogens is 273 g/mol. The second-order valence-corrected chi connectivity index (χ2v) is 5.12. The van der Waals surface area contributed by atoms with E-state index in [2.05, 4.69) is 0 Å². The van der Waals surface area contributed by atoms with Crippen molar-refractivity contribution >= 4 is 11.8 Å². The molecule has 0 aliphatic heterocycles. The van der Waals surface area contributed by atoms with Gasteiger partial charge in [0.2, 0.25) is 0 Å². The van der Waals surface area contributed by atoms with Crippen molar-refractivity contribution in [2.45, 2.75) is 22.8 Å². The van der Waals surface area contributed by atoms with Gasteiger partial charge in [0.25, 0.3) is 0 Å². The van der Waals surface area contributed by atoms with Crippen LogP contribution in [0.3, 0.4) is 0 Å². The van der Waals surface area contributed by atoms with Gasteiger partial charge in [-0.1, -0.05) is 17.8 Å². The molecule has 1 N–H and O–H groups in total. The lowest BCUT2D eigenvalue weighted by atomic mass is 10.1. The fourth-order valence-corrected chi connectivity index (χ4v) is 2.76. The third-order valence-corrected chi connectivity index (χ3v) is 3.62. The van der Waals surface area contributed by atoms with Gasteiger partial charge in [0.15, 0.2) is 11.6 Å². The fraction of sp³-hybridized carbons (Fsp3) is 0.143. The molecule has 0 heterocycles. The van der Waals surface area contributed by atoms with Gasteiger partial charge in [-0.2, -0.15) is 0 Å². The largest absolute Gasteiger partial charge is 0.389 e. The fourth-order valence-electron chi connectivity index (χ4n) is 1.68. The Labute approximate surface area is 113 Å². The highest BCUT2D eigenvalue weighted by molar-refractivity contribution is 7.99. The Hall–Kier alpha value is -1.46. The molecular formula is C14H11F3OS. The van der Waals surface area contributed by atoms with Gasteiger partial charge in [0.1, 0.15) is 5.82 Å². The molecule has 1 atom stereocenters. The van der Waals surface area contributed by atoms with Crippen molar-refractivity contribution in [3.05, 3.63) is 59.4 Å². The lowest BCUT2D eigenvalue weighted by Gasteiger charge is -2.12. The van der Waals surface area contributed by atoms with Gasteiger partial charge in [-0.05, 0) is 37.3 Å². The van der Waals surface area contributed by atoms with Gasteiger partial charge in [0.05, 0.1) is 6.10 Å². The van der Waals surface area contributed by atoms with Crippen LogP contribution in [0.2, 0.25) is 0 Å². The predicted molar refractivity (Wildman–Crippen MR) is 67.5 cm³/mol. The Morgan fingerprint density at radius 2 is 1.74 bits per heavy atom. The Bertz CT molecular complexity index is 599. The molecule has 19 heavy (non-hydrogen) atoms. The minimum Gasteiger partial charge on any atom is -0.389 e. The van der Waals surface area contributed by atoms with Gasteiger partial charge in [0, 0.05) is 15.4 Å². The molecule has 0 saturated heterocycles. The van der Waals surface area contributed by atoms with Gasteiger partial charge in [-0.15, -0.1) is 0 Å². The Kier molecular flexibility index (Phi) is 4.17. The number of rotatable bonds is 3. The van der Waals surface area contributed by atoms with Crippen molar-refractivity contribution in [2.24, 2.45) is 0 Å². The first kappa shape index (κ1) is 14.0. The average molecular weight is 284 g/mol. The van der Waals surface area contributed by atoms with Crippen molar-refractivity contribution < 1.29 is 18.3 Å². The van der Waals surface area contributed by atoms with Crippen LogP contribution >= 0.6 is 11.8 Å². The van der Waals surface area contributed by atoms with Crippen LogP contribution in [0.5, 0.6) is 0 Å². The van der Waals surface area contributed by atoms with E-state index >= 15 is 0 Å². The Morgan fingerprint density at radius 3 is 2.37 bits per heavy atom. The van der Waals surface area contributed by atoms with E-state index in [1.807, 2.05) is 0 Å². The van der Waals surface area contributed by atoms with Crippen LogP contribution in [0, 0.1) is 17.5 Å². The van der Waals surface area contributed by atoms with Crippen LogP contribution in [0.1, 0.15) is 18.6 Å². The first-order chi connectivity index (χ1) is 8.99. The molecule has 100 valence electrons. The van der Waals surface area contributed by atoms with Crippen molar-refractivity contribution in [1.29, 1.82) is 0 Å². The first-order valence-electron chi connectivity index (χ1n) is 5.58. The highest BCUT2D eigenvalue weighted by Gasteiger charge is 2.15. The molecule has 1 unspecified atom stereocenters. The molecule has 0 aliphatic carbocycles. The number of hydrogen-bond donors (Lipinski definition) is 1. The summed E-state index contributed by atoms with van der Waals surface area (Å²) >= 11 is 1.07. The minimum absolute atomic E-state index is 0.150. The maximum atomic E-state index is 13.6. The SMILES string of the molecule is CC(O)c1c(F)cccc1Sc1ccc(F)c(F)c1. The molecule has 0 fully saturated rings. The summed E-state index contributed by atoms with van der Waals surface area (Å²) < 4.78 is 39.6. The highest BCUT2D eigenvalue weighted by Crippen LogP contribution is 2.35. The van der Waals surface area contributed by atoms with Gasteiger partial charge in [-0.25, -0.2) is 13.2 Å². The molecule has 2 aromatic carbocycles. The van der Waals surface area contributed by atoms with E-state index in [1.165, 1.54) is 25.1 Å². The summed E-state index contributed by atoms with van der Waals surface area (Å²) in [6.45, 7) is 1.45. The molecule has 1 nitrogen and oxygen atoms in total. The van der Waals surface area contributed by atoms with Crippen LogP contribution in [0.15, 0.2) is 46.2 Å². The number of hydrogen-bond acceptors (Lipinski definition) is 2. The summed E-state index contributed by atoms with van der Waals surface area (Å²) in [5.74, 6) is -2.41. The Morgan fingerprint density at radius 1 is 1.00 bits per heavy atom. The average Bonchev–Trinajstić information content (AvgIpc) is 2.33.